The summed E-state index contributed by atoms with van der Waals surface area (Å²) in [6.07, 6.45) is 0. The molecule has 0 radical (unpaired) electrons. The van der Waals surface area contributed by atoms with Crippen LogP contribution in [0.1, 0.15) is 16.7 Å². The molecule has 0 amide bonds. The average Bonchev–Trinajstić information content (AvgIpc) is 2.28. The first kappa shape index (κ1) is 10.4. The van der Waals surface area contributed by atoms with E-state index in [9.17, 15) is 0 Å². The maximum absolute atomic E-state index is 6.01. The third-order valence-electron chi connectivity index (χ3n) is 3.15. The average molecular weight is 242 g/mol. The zero-order chi connectivity index (χ0) is 12.0. The zero-order valence-corrected chi connectivity index (χ0v) is 10.3. The van der Waals surface area contributed by atoms with Crippen molar-refractivity contribution in [1.29, 1.82) is 0 Å². The van der Waals surface area contributed by atoms with Gasteiger partial charge in [-0.1, -0.05) is 36.4 Å². The van der Waals surface area contributed by atoms with Crippen LogP contribution in [0.5, 0.6) is 0 Å². The van der Waals surface area contributed by atoms with Crippen LogP contribution in [0.15, 0.2) is 43.0 Å². The number of fused-ring (bicyclic) bond motifs is 2. The standard InChI is InChI=1S/C15H12ClN/c1-9-4-3-5-13-15(9)10(2)12-7-6-11(16)8-14(12)17-13/h3-8,17H,2H2,1H3. The second kappa shape index (κ2) is 3.64. The number of nitrogens with one attached hydrogen (secondary N) is 1. The van der Waals surface area contributed by atoms with E-state index < -0.39 is 0 Å². The normalized spacial score (nSPS) is 12.7. The lowest BCUT2D eigenvalue weighted by Crippen LogP contribution is -2.06. The van der Waals surface area contributed by atoms with E-state index in [4.69, 9.17) is 11.6 Å². The van der Waals surface area contributed by atoms with Crippen molar-refractivity contribution in [3.8, 4) is 0 Å². The lowest BCUT2D eigenvalue weighted by atomic mass is 9.90. The molecule has 17 heavy (non-hydrogen) atoms. The van der Waals surface area contributed by atoms with Gasteiger partial charge in [-0.25, -0.2) is 0 Å². The monoisotopic (exact) mass is 241 g/mol. The van der Waals surface area contributed by atoms with Gasteiger partial charge in [0.2, 0.25) is 0 Å². The second-order valence-corrected chi connectivity index (χ2v) is 4.73. The Balaban J connectivity index is 2.25. The quantitative estimate of drug-likeness (QED) is 0.598. The predicted molar refractivity (Wildman–Crippen MR) is 74.0 cm³/mol. The van der Waals surface area contributed by atoms with Crippen LogP contribution in [0.2, 0.25) is 5.02 Å². The van der Waals surface area contributed by atoms with Crippen molar-refractivity contribution >= 4 is 28.5 Å². The van der Waals surface area contributed by atoms with E-state index in [-0.39, 0.29) is 0 Å². The molecule has 0 aromatic heterocycles. The fourth-order valence-corrected chi connectivity index (χ4v) is 2.51. The summed E-state index contributed by atoms with van der Waals surface area (Å²) in [6.45, 7) is 6.31. The maximum atomic E-state index is 6.01. The highest BCUT2D eigenvalue weighted by Crippen LogP contribution is 2.41. The van der Waals surface area contributed by atoms with Crippen LogP contribution in [-0.4, -0.2) is 0 Å². The number of benzene rings is 2. The lowest BCUT2D eigenvalue weighted by molar-refractivity contribution is 1.37. The Bertz CT molecular complexity index is 629. The first-order chi connectivity index (χ1) is 8.16. The first-order valence-electron chi connectivity index (χ1n) is 5.52. The van der Waals surface area contributed by atoms with Gasteiger partial charge in [-0.05, 0) is 36.3 Å². The summed E-state index contributed by atoms with van der Waals surface area (Å²) in [5.74, 6) is 0. The van der Waals surface area contributed by atoms with Crippen LogP contribution in [0, 0.1) is 6.92 Å². The second-order valence-electron chi connectivity index (χ2n) is 4.29. The van der Waals surface area contributed by atoms with Crippen molar-refractivity contribution in [1.82, 2.24) is 0 Å². The highest BCUT2D eigenvalue weighted by molar-refractivity contribution is 6.31. The topological polar surface area (TPSA) is 12.0 Å². The Kier molecular flexibility index (Phi) is 2.23. The fraction of sp³-hybridized carbons (Fsp3) is 0.0667. The van der Waals surface area contributed by atoms with E-state index in [0.717, 1.165) is 27.5 Å². The summed E-state index contributed by atoms with van der Waals surface area (Å²) < 4.78 is 0. The van der Waals surface area contributed by atoms with Gasteiger partial charge in [0.1, 0.15) is 0 Å². The van der Waals surface area contributed by atoms with Gasteiger partial charge in [-0.15, -0.1) is 0 Å². The third-order valence-corrected chi connectivity index (χ3v) is 3.39. The summed E-state index contributed by atoms with van der Waals surface area (Å²) in [5, 5.41) is 4.14. The van der Waals surface area contributed by atoms with Gasteiger partial charge >= 0.3 is 0 Å². The van der Waals surface area contributed by atoms with Gasteiger partial charge in [0.15, 0.2) is 0 Å². The van der Waals surface area contributed by atoms with Crippen LogP contribution < -0.4 is 5.32 Å². The third kappa shape index (κ3) is 1.55. The van der Waals surface area contributed by atoms with E-state index in [0.29, 0.717) is 0 Å². The van der Waals surface area contributed by atoms with E-state index in [1.54, 1.807) is 0 Å². The van der Waals surface area contributed by atoms with Crippen molar-refractivity contribution in [2.75, 3.05) is 5.32 Å². The molecule has 0 saturated carbocycles. The molecular formula is C15H12ClN. The zero-order valence-electron chi connectivity index (χ0n) is 9.55. The molecule has 0 saturated heterocycles. The Morgan fingerprint density at radius 3 is 2.76 bits per heavy atom. The molecule has 84 valence electrons. The van der Waals surface area contributed by atoms with Gasteiger partial charge in [-0.3, -0.25) is 0 Å². The number of hydrogen-bond acceptors (Lipinski definition) is 1. The number of halogens is 1. The van der Waals surface area contributed by atoms with E-state index in [1.165, 1.54) is 11.1 Å². The predicted octanol–water partition coefficient (Wildman–Crippen LogP) is 4.77. The van der Waals surface area contributed by atoms with Crippen LogP contribution in [0.3, 0.4) is 0 Å². The van der Waals surface area contributed by atoms with Gasteiger partial charge in [0.05, 0.1) is 0 Å². The molecule has 0 fully saturated rings. The van der Waals surface area contributed by atoms with Crippen molar-refractivity contribution in [3.63, 3.8) is 0 Å². The minimum atomic E-state index is 0.736. The lowest BCUT2D eigenvalue weighted by Gasteiger charge is -2.25. The van der Waals surface area contributed by atoms with Crippen molar-refractivity contribution in [2.24, 2.45) is 0 Å². The Morgan fingerprint density at radius 2 is 1.94 bits per heavy atom. The molecule has 0 aliphatic carbocycles. The summed E-state index contributed by atoms with van der Waals surface area (Å²) >= 11 is 6.01. The van der Waals surface area contributed by atoms with Gasteiger partial charge < -0.3 is 5.32 Å². The largest absolute Gasteiger partial charge is 0.354 e. The van der Waals surface area contributed by atoms with Gasteiger partial charge in [0.25, 0.3) is 0 Å². The number of anilines is 2. The minimum absolute atomic E-state index is 0.736. The van der Waals surface area contributed by atoms with Crippen LogP contribution in [-0.2, 0) is 0 Å². The van der Waals surface area contributed by atoms with Gasteiger partial charge in [0, 0.05) is 27.5 Å². The molecule has 2 aromatic rings. The molecule has 1 aliphatic heterocycles. The van der Waals surface area contributed by atoms with Crippen LogP contribution in [0.4, 0.5) is 11.4 Å². The number of hydrogen-bond donors (Lipinski definition) is 1. The molecule has 0 unspecified atom stereocenters. The van der Waals surface area contributed by atoms with E-state index in [2.05, 4.69) is 31.0 Å². The Hall–Kier alpha value is -1.73. The SMILES string of the molecule is C=C1c2ccc(Cl)cc2Nc2cccc(C)c21. The van der Waals surface area contributed by atoms with Crippen molar-refractivity contribution < 1.29 is 0 Å². The molecule has 0 spiro atoms. The van der Waals surface area contributed by atoms with Crippen molar-refractivity contribution in [2.45, 2.75) is 6.92 Å². The fourth-order valence-electron chi connectivity index (χ4n) is 2.34. The minimum Gasteiger partial charge on any atom is -0.354 e. The highest BCUT2D eigenvalue weighted by atomic mass is 35.5. The Morgan fingerprint density at radius 1 is 1.12 bits per heavy atom. The molecule has 2 heteroatoms. The summed E-state index contributed by atoms with van der Waals surface area (Å²) in [7, 11) is 0. The molecule has 0 atom stereocenters. The number of rotatable bonds is 0. The summed E-state index contributed by atoms with van der Waals surface area (Å²) in [4.78, 5) is 0. The highest BCUT2D eigenvalue weighted by Gasteiger charge is 2.19. The van der Waals surface area contributed by atoms with Crippen molar-refractivity contribution in [3.05, 3.63) is 64.7 Å². The molecule has 1 heterocycles. The van der Waals surface area contributed by atoms with Gasteiger partial charge in [-0.2, -0.15) is 0 Å². The molecular weight excluding hydrogens is 230 g/mol. The maximum Gasteiger partial charge on any atom is 0.0479 e. The van der Waals surface area contributed by atoms with E-state index >= 15 is 0 Å². The molecule has 0 bridgehead atoms. The van der Waals surface area contributed by atoms with Crippen LogP contribution in [0.25, 0.3) is 5.57 Å². The molecule has 1 nitrogen and oxygen atoms in total. The Labute approximate surface area is 106 Å². The van der Waals surface area contributed by atoms with Crippen LogP contribution >= 0.6 is 11.6 Å². The van der Waals surface area contributed by atoms with E-state index in [1.807, 2.05) is 24.3 Å². The molecule has 1 N–H and O–H groups in total. The first-order valence-corrected chi connectivity index (χ1v) is 5.90. The smallest absolute Gasteiger partial charge is 0.0479 e. The molecule has 2 aromatic carbocycles. The molecule has 1 aliphatic rings. The number of aryl methyl sites for hydroxylation is 1. The summed E-state index contributed by atoms with van der Waals surface area (Å²) in [6, 6.07) is 12.1. The molecule has 3 rings (SSSR count). The summed E-state index contributed by atoms with van der Waals surface area (Å²) in [5.41, 5.74) is 6.74.